The highest BCUT2D eigenvalue weighted by Gasteiger charge is 2.59. The minimum atomic E-state index is 0.0213. The molecule has 3 heteroatoms. The van der Waals surface area contributed by atoms with E-state index in [4.69, 9.17) is 4.74 Å². The molecule has 4 aliphatic carbocycles. The molecular weight excluding hydrogens is 372 g/mol. The minimum absolute atomic E-state index is 0.0213. The number of allylic oxidation sites excluding steroid dienone is 2. The molecule has 0 bridgehead atoms. The van der Waals surface area contributed by atoms with Gasteiger partial charge in [0.05, 0.1) is 0 Å². The van der Waals surface area contributed by atoms with Gasteiger partial charge in [-0.1, -0.05) is 39.7 Å². The average Bonchev–Trinajstić information content (AvgIpc) is 3.06. The van der Waals surface area contributed by atoms with Crippen molar-refractivity contribution in [1.29, 1.82) is 0 Å². The number of esters is 1. The first-order chi connectivity index (χ1) is 14.3. The lowest BCUT2D eigenvalue weighted by atomic mass is 9.44. The molecule has 4 rings (SSSR count). The second kappa shape index (κ2) is 8.43. The van der Waals surface area contributed by atoms with Crippen LogP contribution in [0.15, 0.2) is 11.6 Å². The van der Waals surface area contributed by atoms with Crippen molar-refractivity contribution in [2.24, 2.45) is 34.5 Å². The summed E-state index contributed by atoms with van der Waals surface area (Å²) in [5, 5.41) is 0. The van der Waals surface area contributed by atoms with Gasteiger partial charge in [-0.2, -0.15) is 0 Å². The number of Topliss-reactive ketones (excluding diaryl/α,β-unsaturated/α-hetero) is 1. The fraction of sp³-hybridized carbons (Fsp3) is 0.852. The highest BCUT2D eigenvalue weighted by atomic mass is 16.5. The van der Waals surface area contributed by atoms with Gasteiger partial charge in [0.2, 0.25) is 0 Å². The quantitative estimate of drug-likeness (QED) is 0.361. The molecule has 7 atom stereocenters. The molecule has 0 amide bonds. The third kappa shape index (κ3) is 3.69. The summed E-state index contributed by atoms with van der Waals surface area (Å²) in [5.41, 5.74) is 1.62. The lowest BCUT2D eigenvalue weighted by Crippen LogP contribution is -2.54. The molecule has 0 aromatic rings. The monoisotopic (exact) mass is 414 g/mol. The van der Waals surface area contributed by atoms with Crippen molar-refractivity contribution in [2.45, 2.75) is 111 Å². The van der Waals surface area contributed by atoms with Crippen molar-refractivity contribution in [3.63, 3.8) is 0 Å². The van der Waals surface area contributed by atoms with Gasteiger partial charge in [-0.3, -0.25) is 9.59 Å². The number of unbranched alkanes of at least 4 members (excludes halogenated alkanes) is 2. The molecule has 3 fully saturated rings. The van der Waals surface area contributed by atoms with E-state index in [0.29, 0.717) is 29.5 Å². The summed E-state index contributed by atoms with van der Waals surface area (Å²) in [6.45, 7) is 8.84. The zero-order valence-electron chi connectivity index (χ0n) is 19.7. The Labute approximate surface area is 183 Å². The maximum absolute atomic E-state index is 12.3. The van der Waals surface area contributed by atoms with Gasteiger partial charge in [-0.05, 0) is 105 Å². The Morgan fingerprint density at radius 3 is 2.60 bits per heavy atom. The van der Waals surface area contributed by atoms with E-state index in [2.05, 4.69) is 26.8 Å². The zero-order chi connectivity index (χ0) is 21.5. The predicted octanol–water partition coefficient (Wildman–Crippen LogP) is 6.65. The third-order valence-corrected chi connectivity index (χ3v) is 9.86. The first kappa shape index (κ1) is 22.1. The van der Waals surface area contributed by atoms with Gasteiger partial charge >= 0.3 is 5.97 Å². The maximum atomic E-state index is 12.3. The Morgan fingerprint density at radius 1 is 1.07 bits per heavy atom. The van der Waals surface area contributed by atoms with Gasteiger partial charge in [0, 0.05) is 6.42 Å². The third-order valence-electron chi connectivity index (χ3n) is 9.86. The van der Waals surface area contributed by atoms with Crippen LogP contribution in [0, 0.1) is 34.5 Å². The van der Waals surface area contributed by atoms with Crippen LogP contribution in [0.4, 0.5) is 0 Å². The lowest BCUT2D eigenvalue weighted by Gasteiger charge is -2.60. The predicted molar refractivity (Wildman–Crippen MR) is 120 cm³/mol. The molecule has 0 saturated heterocycles. The van der Waals surface area contributed by atoms with Crippen LogP contribution in [0.1, 0.15) is 105 Å². The summed E-state index contributed by atoms with van der Waals surface area (Å²) in [4.78, 5) is 24.5. The van der Waals surface area contributed by atoms with Crippen LogP contribution >= 0.6 is 0 Å². The summed E-state index contributed by atoms with van der Waals surface area (Å²) in [6, 6.07) is 0. The first-order valence-corrected chi connectivity index (χ1v) is 12.7. The van der Waals surface area contributed by atoms with Crippen molar-refractivity contribution < 1.29 is 14.3 Å². The van der Waals surface area contributed by atoms with Crippen LogP contribution in [0.3, 0.4) is 0 Å². The SMILES string of the molecule is CCCCCC(=O)O[C@H]1CC[C@@]2(C)[C@@H](CC[C@@H]3[C@@H]2CC[C@]2(C)C(C(C)=O)=CC[C@@H]32)C1. The fourth-order valence-electron chi connectivity index (χ4n) is 8.20. The number of ketones is 1. The molecule has 30 heavy (non-hydrogen) atoms. The van der Waals surface area contributed by atoms with Crippen LogP contribution in [0.25, 0.3) is 0 Å². The number of carbonyl (C=O) groups is 2. The van der Waals surface area contributed by atoms with Crippen LogP contribution in [0.5, 0.6) is 0 Å². The smallest absolute Gasteiger partial charge is 0.306 e. The van der Waals surface area contributed by atoms with Gasteiger partial charge in [-0.25, -0.2) is 0 Å². The summed E-state index contributed by atoms with van der Waals surface area (Å²) in [7, 11) is 0. The standard InChI is InChI=1S/C27H42O3/c1-5-6-7-8-25(29)30-20-13-15-26(3)19(17-20)9-10-21-23-12-11-22(18(2)28)27(23,4)16-14-24(21)26/h11,19-21,23-24H,5-10,12-17H2,1-4H3/t19-,20-,21-,23-,24-,26-,27+/m0/s1. The van der Waals surface area contributed by atoms with Crippen molar-refractivity contribution >= 4 is 11.8 Å². The number of carbonyl (C=O) groups excluding carboxylic acids is 2. The van der Waals surface area contributed by atoms with Crippen molar-refractivity contribution in [1.82, 2.24) is 0 Å². The summed E-state index contributed by atoms with van der Waals surface area (Å²) >= 11 is 0. The number of hydrogen-bond donors (Lipinski definition) is 0. The molecule has 0 aromatic carbocycles. The van der Waals surface area contributed by atoms with E-state index in [9.17, 15) is 9.59 Å². The molecule has 0 radical (unpaired) electrons. The van der Waals surface area contributed by atoms with E-state index in [1.165, 1.54) is 32.1 Å². The van der Waals surface area contributed by atoms with Crippen LogP contribution in [0.2, 0.25) is 0 Å². The van der Waals surface area contributed by atoms with Gasteiger partial charge in [-0.15, -0.1) is 0 Å². The second-order valence-electron chi connectivity index (χ2n) is 11.4. The maximum Gasteiger partial charge on any atom is 0.306 e. The Kier molecular flexibility index (Phi) is 6.21. The van der Waals surface area contributed by atoms with Gasteiger partial charge in [0.15, 0.2) is 5.78 Å². The van der Waals surface area contributed by atoms with Gasteiger partial charge in [0.1, 0.15) is 6.10 Å². The fourth-order valence-corrected chi connectivity index (χ4v) is 8.20. The summed E-state index contributed by atoms with van der Waals surface area (Å²) in [5.74, 6) is 3.18. The normalized spacial score (nSPS) is 42.5. The van der Waals surface area contributed by atoms with E-state index in [-0.39, 0.29) is 17.5 Å². The van der Waals surface area contributed by atoms with Crippen molar-refractivity contribution in [2.75, 3.05) is 0 Å². The average molecular weight is 415 g/mol. The van der Waals surface area contributed by atoms with E-state index in [1.807, 2.05) is 0 Å². The molecule has 0 heterocycles. The number of rotatable bonds is 6. The molecule has 0 unspecified atom stereocenters. The van der Waals surface area contributed by atoms with Crippen LogP contribution in [-0.2, 0) is 14.3 Å². The largest absolute Gasteiger partial charge is 0.462 e. The zero-order valence-corrected chi connectivity index (χ0v) is 19.7. The van der Waals surface area contributed by atoms with E-state index >= 15 is 0 Å². The molecular formula is C27H42O3. The Hall–Kier alpha value is -1.12. The molecule has 0 aromatic heterocycles. The van der Waals surface area contributed by atoms with E-state index in [1.54, 1.807) is 6.92 Å². The Bertz CT molecular complexity index is 709. The number of hydrogen-bond acceptors (Lipinski definition) is 3. The number of ether oxygens (including phenoxy) is 1. The topological polar surface area (TPSA) is 43.4 Å². The van der Waals surface area contributed by atoms with Crippen LogP contribution < -0.4 is 0 Å². The minimum Gasteiger partial charge on any atom is -0.462 e. The molecule has 0 spiro atoms. The highest BCUT2D eigenvalue weighted by Crippen LogP contribution is 2.66. The first-order valence-electron chi connectivity index (χ1n) is 12.7. The highest BCUT2D eigenvalue weighted by molar-refractivity contribution is 5.95. The second-order valence-corrected chi connectivity index (χ2v) is 11.4. The Morgan fingerprint density at radius 2 is 1.87 bits per heavy atom. The summed E-state index contributed by atoms with van der Waals surface area (Å²) < 4.78 is 5.91. The van der Waals surface area contributed by atoms with E-state index < -0.39 is 0 Å². The van der Waals surface area contributed by atoms with Crippen molar-refractivity contribution in [3.8, 4) is 0 Å². The van der Waals surface area contributed by atoms with E-state index in [0.717, 1.165) is 55.9 Å². The van der Waals surface area contributed by atoms with Crippen LogP contribution in [-0.4, -0.2) is 17.9 Å². The molecule has 168 valence electrons. The number of fused-ring (bicyclic) bond motifs is 5. The molecule has 0 aliphatic heterocycles. The molecule has 3 saturated carbocycles. The molecule has 4 aliphatic rings. The summed E-state index contributed by atoms with van der Waals surface area (Å²) in [6.07, 6.45) is 15.6. The van der Waals surface area contributed by atoms with Crippen molar-refractivity contribution in [3.05, 3.63) is 11.6 Å². The Balaban J connectivity index is 1.40. The van der Waals surface area contributed by atoms with Gasteiger partial charge in [0.25, 0.3) is 0 Å². The molecule has 0 N–H and O–H groups in total. The lowest BCUT2D eigenvalue weighted by molar-refractivity contribution is -0.161. The molecule has 3 nitrogen and oxygen atoms in total. The van der Waals surface area contributed by atoms with Gasteiger partial charge < -0.3 is 4.74 Å².